The highest BCUT2D eigenvalue weighted by Crippen LogP contribution is 2.35. The minimum atomic E-state index is -4.52. The fourth-order valence-electron chi connectivity index (χ4n) is 4.44. The Morgan fingerprint density at radius 3 is 1.92 bits per heavy atom. The molecule has 210 valence electrons. The summed E-state index contributed by atoms with van der Waals surface area (Å²) in [5.41, 5.74) is -0.230. The van der Waals surface area contributed by atoms with Gasteiger partial charge in [0.25, 0.3) is 0 Å². The van der Waals surface area contributed by atoms with Crippen molar-refractivity contribution in [2.24, 2.45) is 5.92 Å². The first kappa shape index (κ1) is 30.0. The van der Waals surface area contributed by atoms with Crippen molar-refractivity contribution in [3.63, 3.8) is 0 Å². The lowest BCUT2D eigenvalue weighted by Crippen LogP contribution is -2.22. The smallest absolute Gasteiger partial charge is 0.416 e. The maximum absolute atomic E-state index is 13.2. The lowest BCUT2D eigenvalue weighted by Gasteiger charge is -2.27. The van der Waals surface area contributed by atoms with E-state index in [0.29, 0.717) is 41.5 Å². The summed E-state index contributed by atoms with van der Waals surface area (Å²) in [6, 6.07) is 12.0. The van der Waals surface area contributed by atoms with Gasteiger partial charge < -0.3 is 10.0 Å². The quantitative estimate of drug-likeness (QED) is 0.242. The van der Waals surface area contributed by atoms with Gasteiger partial charge in [-0.3, -0.25) is 4.79 Å². The number of carboxylic acids is 1. The second-order valence-electron chi connectivity index (χ2n) is 9.41. The fraction of sp³-hybridized carbons (Fsp3) is 0.379. The third-order valence-corrected chi connectivity index (χ3v) is 6.55. The molecule has 4 nitrogen and oxygen atoms in total. The van der Waals surface area contributed by atoms with Crippen LogP contribution in [0.15, 0.2) is 60.7 Å². The first-order valence-corrected chi connectivity index (χ1v) is 12.7. The van der Waals surface area contributed by atoms with Crippen molar-refractivity contribution in [1.82, 2.24) is 4.98 Å². The van der Waals surface area contributed by atoms with Crippen LogP contribution in [0.3, 0.4) is 0 Å². The van der Waals surface area contributed by atoms with Crippen LogP contribution < -0.4 is 4.90 Å². The van der Waals surface area contributed by atoms with E-state index >= 15 is 0 Å². The topological polar surface area (TPSA) is 53.4 Å². The summed E-state index contributed by atoms with van der Waals surface area (Å²) in [4.78, 5) is 17.9. The molecule has 0 spiro atoms. The second-order valence-corrected chi connectivity index (χ2v) is 9.41. The first-order chi connectivity index (χ1) is 18.3. The molecule has 1 aromatic heterocycles. The number of anilines is 2. The lowest BCUT2D eigenvalue weighted by molar-refractivity contribution is -0.138. The Bertz CT molecular complexity index is 1240. The van der Waals surface area contributed by atoms with Gasteiger partial charge in [0.2, 0.25) is 0 Å². The van der Waals surface area contributed by atoms with Gasteiger partial charge in [0, 0.05) is 17.8 Å². The van der Waals surface area contributed by atoms with Gasteiger partial charge in [0.15, 0.2) is 0 Å². The molecule has 1 atom stereocenters. The Kier molecular flexibility index (Phi) is 9.63. The molecule has 0 amide bonds. The Balaban J connectivity index is 2.10. The number of rotatable bonds is 11. The summed E-state index contributed by atoms with van der Waals surface area (Å²) >= 11 is 0. The molecular formula is C29H30F6N2O2. The van der Waals surface area contributed by atoms with Gasteiger partial charge in [-0.15, -0.1) is 0 Å². The van der Waals surface area contributed by atoms with Crippen molar-refractivity contribution in [3.05, 3.63) is 77.4 Å². The molecule has 0 bridgehead atoms. The van der Waals surface area contributed by atoms with E-state index in [-0.39, 0.29) is 12.1 Å². The lowest BCUT2D eigenvalue weighted by atomic mass is 9.96. The number of benzene rings is 2. The van der Waals surface area contributed by atoms with Crippen LogP contribution in [0, 0.1) is 5.92 Å². The molecular weight excluding hydrogens is 522 g/mol. The van der Waals surface area contributed by atoms with Gasteiger partial charge in [-0.1, -0.05) is 45.2 Å². The molecule has 0 saturated carbocycles. The number of carboxylic acid groups (broad SMARTS) is 1. The first-order valence-electron chi connectivity index (χ1n) is 12.7. The molecule has 10 heteroatoms. The van der Waals surface area contributed by atoms with Crippen molar-refractivity contribution in [2.75, 3.05) is 11.4 Å². The van der Waals surface area contributed by atoms with Crippen molar-refractivity contribution < 1.29 is 36.2 Å². The number of carbonyl (C=O) groups is 1. The minimum Gasteiger partial charge on any atom is -0.481 e. The minimum absolute atomic E-state index is 0.259. The Morgan fingerprint density at radius 2 is 1.44 bits per heavy atom. The van der Waals surface area contributed by atoms with Crippen LogP contribution in [0.1, 0.15) is 56.2 Å². The zero-order valence-corrected chi connectivity index (χ0v) is 21.6. The van der Waals surface area contributed by atoms with Crippen LogP contribution >= 0.6 is 0 Å². The van der Waals surface area contributed by atoms with Crippen LogP contribution in [-0.4, -0.2) is 22.6 Å². The molecule has 0 radical (unpaired) electrons. The number of aliphatic carboxylic acids is 1. The van der Waals surface area contributed by atoms with E-state index in [1.54, 1.807) is 11.0 Å². The maximum Gasteiger partial charge on any atom is 0.416 e. The number of hydrogen-bond donors (Lipinski definition) is 1. The van der Waals surface area contributed by atoms with Gasteiger partial charge in [-0.2, -0.15) is 26.3 Å². The summed E-state index contributed by atoms with van der Waals surface area (Å²) in [7, 11) is 0. The molecule has 2 aromatic carbocycles. The third kappa shape index (κ3) is 8.21. The number of aromatic nitrogens is 1. The molecule has 39 heavy (non-hydrogen) atoms. The van der Waals surface area contributed by atoms with Gasteiger partial charge in [0.1, 0.15) is 5.82 Å². The SMILES string of the molecule is CCCC(CC)CCN(c1ccc(C(F)(F)F)cc1)c1cc(CC(=O)O)cc(-c2ccc(C(F)(F)F)cc2)n1. The Labute approximate surface area is 223 Å². The number of nitrogens with zero attached hydrogens (tertiary/aromatic N) is 2. The predicted octanol–water partition coefficient (Wildman–Crippen LogP) is 8.77. The molecule has 0 saturated heterocycles. The van der Waals surface area contributed by atoms with E-state index in [9.17, 15) is 36.2 Å². The summed E-state index contributed by atoms with van der Waals surface area (Å²) in [6.07, 6.45) is -5.81. The molecule has 0 aliphatic carbocycles. The molecule has 3 rings (SSSR count). The summed E-state index contributed by atoms with van der Waals surface area (Å²) in [5, 5.41) is 9.41. The molecule has 0 aliphatic rings. The Hall–Kier alpha value is -3.56. The average Bonchev–Trinajstić information content (AvgIpc) is 2.87. The zero-order chi connectivity index (χ0) is 28.8. The standard InChI is InChI=1S/C29H30F6N2O2/c1-3-5-19(4-2)14-15-37(24-12-10-23(11-13-24)29(33,34)35)26-17-20(18-27(38)39)16-25(36-26)21-6-8-22(9-7-21)28(30,31)32/h6-13,16-17,19H,3-5,14-15,18H2,1-2H3,(H,38,39). The highest BCUT2D eigenvalue weighted by atomic mass is 19.4. The van der Waals surface area contributed by atoms with E-state index in [2.05, 4.69) is 18.8 Å². The van der Waals surface area contributed by atoms with Crippen molar-refractivity contribution in [1.29, 1.82) is 0 Å². The van der Waals surface area contributed by atoms with Gasteiger partial charge in [0.05, 0.1) is 23.2 Å². The van der Waals surface area contributed by atoms with Crippen molar-refractivity contribution >= 4 is 17.5 Å². The summed E-state index contributed by atoms with van der Waals surface area (Å²) < 4.78 is 78.8. The predicted molar refractivity (Wildman–Crippen MR) is 138 cm³/mol. The molecule has 3 aromatic rings. The average molecular weight is 553 g/mol. The summed E-state index contributed by atoms with van der Waals surface area (Å²) in [5.74, 6) is -0.445. The Morgan fingerprint density at radius 1 is 0.872 bits per heavy atom. The highest BCUT2D eigenvalue weighted by molar-refractivity contribution is 5.73. The van der Waals surface area contributed by atoms with Gasteiger partial charge in [-0.05, 0) is 66.4 Å². The maximum atomic E-state index is 13.2. The van der Waals surface area contributed by atoms with Gasteiger partial charge >= 0.3 is 18.3 Å². The number of hydrogen-bond acceptors (Lipinski definition) is 3. The summed E-state index contributed by atoms with van der Waals surface area (Å²) in [6.45, 7) is 4.54. The zero-order valence-electron chi connectivity index (χ0n) is 21.6. The van der Waals surface area contributed by atoms with Crippen LogP contribution in [0.2, 0.25) is 0 Å². The second kappa shape index (κ2) is 12.5. The molecule has 0 aliphatic heterocycles. The van der Waals surface area contributed by atoms with Crippen LogP contribution in [0.25, 0.3) is 11.3 Å². The van der Waals surface area contributed by atoms with Gasteiger partial charge in [-0.25, -0.2) is 4.98 Å². The van der Waals surface area contributed by atoms with E-state index in [4.69, 9.17) is 0 Å². The van der Waals surface area contributed by atoms with E-state index in [0.717, 1.165) is 43.5 Å². The van der Waals surface area contributed by atoms with Crippen molar-refractivity contribution in [3.8, 4) is 11.3 Å². The molecule has 0 fully saturated rings. The fourth-order valence-corrected chi connectivity index (χ4v) is 4.44. The normalized spacial score (nSPS) is 12.8. The molecule has 1 heterocycles. The van der Waals surface area contributed by atoms with Crippen LogP contribution in [0.4, 0.5) is 37.8 Å². The number of pyridine rings is 1. The highest BCUT2D eigenvalue weighted by Gasteiger charge is 2.31. The van der Waals surface area contributed by atoms with Crippen molar-refractivity contribution in [2.45, 2.75) is 58.3 Å². The number of halogens is 6. The van der Waals surface area contributed by atoms with E-state index in [1.165, 1.54) is 30.3 Å². The largest absolute Gasteiger partial charge is 0.481 e. The van der Waals surface area contributed by atoms with Crippen LogP contribution in [-0.2, 0) is 23.6 Å². The van der Waals surface area contributed by atoms with E-state index < -0.39 is 29.4 Å². The molecule has 1 unspecified atom stereocenters. The number of alkyl halides is 6. The third-order valence-electron chi connectivity index (χ3n) is 6.55. The van der Waals surface area contributed by atoms with E-state index in [1.807, 2.05) is 0 Å². The molecule has 1 N–H and O–H groups in total. The van der Waals surface area contributed by atoms with Crippen LogP contribution in [0.5, 0.6) is 0 Å². The monoisotopic (exact) mass is 552 g/mol.